The fraction of sp³-hybridized carbons (Fsp3) is 0.111. The van der Waals surface area contributed by atoms with Crippen molar-refractivity contribution >= 4 is 22.8 Å². The summed E-state index contributed by atoms with van der Waals surface area (Å²) in [5.74, 6) is 0. The Labute approximate surface area is 79.8 Å². The number of H-pyrrole nitrogens is 1. The molecule has 4 heteroatoms. The van der Waals surface area contributed by atoms with E-state index in [2.05, 4.69) is 16.0 Å². The minimum Gasteiger partial charge on any atom is -0.345 e. The smallest absolute Gasteiger partial charge is 0.106 e. The molecule has 0 aliphatic heterocycles. The number of hydrogen-bond acceptors (Lipinski definition) is 3. The molecule has 1 N–H and O–H groups in total. The summed E-state index contributed by atoms with van der Waals surface area (Å²) in [5, 5.41) is 8.86. The SMILES string of the molecule is CSc1cc(C#N)c2nc[nH]c2c1. The summed E-state index contributed by atoms with van der Waals surface area (Å²) in [5.41, 5.74) is 2.30. The third-order valence-corrected chi connectivity index (χ3v) is 2.56. The van der Waals surface area contributed by atoms with E-state index in [1.807, 2.05) is 18.4 Å². The maximum atomic E-state index is 8.86. The van der Waals surface area contributed by atoms with Crippen molar-refractivity contribution in [3.63, 3.8) is 0 Å². The molecule has 0 spiro atoms. The van der Waals surface area contributed by atoms with Crippen molar-refractivity contribution in [1.29, 1.82) is 5.26 Å². The molecule has 0 fully saturated rings. The molecule has 1 aromatic carbocycles. The van der Waals surface area contributed by atoms with Crippen LogP contribution in [-0.2, 0) is 0 Å². The largest absolute Gasteiger partial charge is 0.345 e. The number of nitrogens with one attached hydrogen (secondary N) is 1. The first-order valence-corrected chi connectivity index (χ1v) is 4.99. The number of nitrogens with zero attached hydrogens (tertiary/aromatic N) is 2. The fourth-order valence-electron chi connectivity index (χ4n) is 1.23. The molecule has 1 heterocycles. The monoisotopic (exact) mass is 189 g/mol. The number of imidazole rings is 1. The van der Waals surface area contributed by atoms with E-state index in [0.29, 0.717) is 5.56 Å². The zero-order valence-electron chi connectivity index (χ0n) is 7.03. The lowest BCUT2D eigenvalue weighted by molar-refractivity contribution is 1.34. The molecular weight excluding hydrogens is 182 g/mol. The molecule has 0 atom stereocenters. The van der Waals surface area contributed by atoms with Crippen molar-refractivity contribution in [2.45, 2.75) is 4.90 Å². The third kappa shape index (κ3) is 1.27. The normalized spacial score (nSPS) is 10.2. The first-order valence-electron chi connectivity index (χ1n) is 3.76. The summed E-state index contributed by atoms with van der Waals surface area (Å²) >= 11 is 1.62. The number of aromatic amines is 1. The van der Waals surface area contributed by atoms with Crippen LogP contribution < -0.4 is 0 Å². The van der Waals surface area contributed by atoms with Gasteiger partial charge in [-0.2, -0.15) is 5.26 Å². The molecule has 64 valence electrons. The van der Waals surface area contributed by atoms with Gasteiger partial charge in [0.05, 0.1) is 17.4 Å². The number of thioether (sulfide) groups is 1. The van der Waals surface area contributed by atoms with Crippen molar-refractivity contribution in [3.05, 3.63) is 24.0 Å². The number of nitriles is 1. The molecule has 0 bridgehead atoms. The van der Waals surface area contributed by atoms with Crippen LogP contribution in [0.3, 0.4) is 0 Å². The van der Waals surface area contributed by atoms with Gasteiger partial charge in [-0.25, -0.2) is 4.98 Å². The van der Waals surface area contributed by atoms with Gasteiger partial charge >= 0.3 is 0 Å². The van der Waals surface area contributed by atoms with Gasteiger partial charge < -0.3 is 4.98 Å². The van der Waals surface area contributed by atoms with Crippen molar-refractivity contribution in [1.82, 2.24) is 9.97 Å². The van der Waals surface area contributed by atoms with Crippen LogP contribution in [0.25, 0.3) is 11.0 Å². The Balaban J connectivity index is 2.79. The summed E-state index contributed by atoms with van der Waals surface area (Å²) in [4.78, 5) is 8.15. The molecule has 1 aromatic heterocycles. The van der Waals surface area contributed by atoms with E-state index in [-0.39, 0.29) is 0 Å². The van der Waals surface area contributed by atoms with Crippen LogP contribution in [0.2, 0.25) is 0 Å². The molecule has 3 nitrogen and oxygen atoms in total. The van der Waals surface area contributed by atoms with Gasteiger partial charge in [0.15, 0.2) is 0 Å². The Bertz CT molecular complexity index is 481. The topological polar surface area (TPSA) is 52.5 Å². The second kappa shape index (κ2) is 3.11. The van der Waals surface area contributed by atoms with Gasteiger partial charge in [-0.3, -0.25) is 0 Å². The molecule has 0 amide bonds. The molecule has 0 radical (unpaired) electrons. The Morgan fingerprint density at radius 1 is 1.54 bits per heavy atom. The van der Waals surface area contributed by atoms with Gasteiger partial charge in [-0.15, -0.1) is 11.8 Å². The highest BCUT2D eigenvalue weighted by Gasteiger charge is 2.04. The van der Waals surface area contributed by atoms with Crippen LogP contribution in [0.4, 0.5) is 0 Å². The maximum absolute atomic E-state index is 8.86. The highest BCUT2D eigenvalue weighted by Crippen LogP contribution is 2.22. The van der Waals surface area contributed by atoms with Crippen LogP contribution in [0, 0.1) is 11.3 Å². The molecular formula is C9H7N3S. The Hall–Kier alpha value is -1.47. The van der Waals surface area contributed by atoms with Gasteiger partial charge in [0.2, 0.25) is 0 Å². The van der Waals surface area contributed by atoms with Crippen molar-refractivity contribution in [2.75, 3.05) is 6.26 Å². The molecule has 13 heavy (non-hydrogen) atoms. The first-order chi connectivity index (χ1) is 6.35. The Morgan fingerprint density at radius 3 is 3.08 bits per heavy atom. The summed E-state index contributed by atoms with van der Waals surface area (Å²) in [7, 11) is 0. The van der Waals surface area contributed by atoms with E-state index in [4.69, 9.17) is 5.26 Å². The minimum atomic E-state index is 0.628. The lowest BCUT2D eigenvalue weighted by Crippen LogP contribution is -1.80. The quantitative estimate of drug-likeness (QED) is 0.699. The van der Waals surface area contributed by atoms with Crippen molar-refractivity contribution in [2.24, 2.45) is 0 Å². The first kappa shape index (κ1) is 8.14. The van der Waals surface area contributed by atoms with Gasteiger partial charge in [-0.1, -0.05) is 0 Å². The number of fused-ring (bicyclic) bond motifs is 1. The predicted molar refractivity (Wildman–Crippen MR) is 52.6 cm³/mol. The second-order valence-electron chi connectivity index (χ2n) is 2.59. The summed E-state index contributed by atoms with van der Waals surface area (Å²) in [6.45, 7) is 0. The summed E-state index contributed by atoms with van der Waals surface area (Å²) in [6, 6.07) is 5.98. The number of aromatic nitrogens is 2. The molecule has 0 unspecified atom stereocenters. The lowest BCUT2D eigenvalue weighted by atomic mass is 10.2. The van der Waals surface area contributed by atoms with Gasteiger partial charge in [-0.05, 0) is 18.4 Å². The van der Waals surface area contributed by atoms with Crippen LogP contribution >= 0.6 is 11.8 Å². The number of hydrogen-bond donors (Lipinski definition) is 1. The van der Waals surface area contributed by atoms with Crippen LogP contribution in [0.15, 0.2) is 23.4 Å². The van der Waals surface area contributed by atoms with Crippen LogP contribution in [0.1, 0.15) is 5.56 Å². The average Bonchev–Trinajstić information content (AvgIpc) is 2.63. The van der Waals surface area contributed by atoms with Crippen molar-refractivity contribution in [3.8, 4) is 6.07 Å². The summed E-state index contributed by atoms with van der Waals surface area (Å²) < 4.78 is 0. The molecule has 2 rings (SSSR count). The van der Waals surface area contributed by atoms with Gasteiger partial charge in [0, 0.05) is 4.90 Å². The molecule has 0 saturated heterocycles. The van der Waals surface area contributed by atoms with E-state index in [1.54, 1.807) is 18.1 Å². The van der Waals surface area contributed by atoms with E-state index >= 15 is 0 Å². The van der Waals surface area contributed by atoms with Crippen LogP contribution in [-0.4, -0.2) is 16.2 Å². The minimum absolute atomic E-state index is 0.628. The second-order valence-corrected chi connectivity index (χ2v) is 3.47. The molecule has 0 saturated carbocycles. The Kier molecular flexibility index (Phi) is 1.95. The van der Waals surface area contributed by atoms with Crippen molar-refractivity contribution < 1.29 is 0 Å². The molecule has 0 aliphatic carbocycles. The maximum Gasteiger partial charge on any atom is 0.106 e. The summed E-state index contributed by atoms with van der Waals surface area (Å²) in [6.07, 6.45) is 3.59. The van der Waals surface area contributed by atoms with E-state index in [1.165, 1.54) is 0 Å². The van der Waals surface area contributed by atoms with Gasteiger partial charge in [0.25, 0.3) is 0 Å². The van der Waals surface area contributed by atoms with Gasteiger partial charge in [0.1, 0.15) is 11.6 Å². The third-order valence-electron chi connectivity index (χ3n) is 1.85. The lowest BCUT2D eigenvalue weighted by Gasteiger charge is -1.97. The molecule has 0 aliphatic rings. The van der Waals surface area contributed by atoms with Crippen LogP contribution in [0.5, 0.6) is 0 Å². The Morgan fingerprint density at radius 2 is 2.38 bits per heavy atom. The standard InChI is InChI=1S/C9H7N3S/c1-13-7-2-6(4-10)9-8(3-7)11-5-12-9/h2-3,5H,1H3,(H,11,12). The predicted octanol–water partition coefficient (Wildman–Crippen LogP) is 2.16. The van der Waals surface area contributed by atoms with E-state index < -0.39 is 0 Å². The van der Waals surface area contributed by atoms with E-state index in [9.17, 15) is 0 Å². The van der Waals surface area contributed by atoms with E-state index in [0.717, 1.165) is 15.9 Å². The average molecular weight is 189 g/mol. The fourth-order valence-corrected chi connectivity index (χ4v) is 1.70. The highest BCUT2D eigenvalue weighted by molar-refractivity contribution is 7.98. The molecule has 2 aromatic rings. The number of rotatable bonds is 1. The highest BCUT2D eigenvalue weighted by atomic mass is 32.2. The number of benzene rings is 1. The zero-order valence-corrected chi connectivity index (χ0v) is 7.85. The zero-order chi connectivity index (χ0) is 9.26.